The number of hydrogen-bond acceptors (Lipinski definition) is 7. The second-order valence-corrected chi connectivity index (χ2v) is 8.16. The van der Waals surface area contributed by atoms with Crippen LogP contribution in [0.4, 0.5) is 17.5 Å². The molecule has 0 saturated carbocycles. The average molecular weight is 354 g/mol. The molecule has 1 aromatic heterocycles. The van der Waals surface area contributed by atoms with Crippen LogP contribution < -0.4 is 10.6 Å². The van der Waals surface area contributed by atoms with E-state index in [1.54, 1.807) is 6.07 Å². The summed E-state index contributed by atoms with van der Waals surface area (Å²) in [6.07, 6.45) is 2.05. The number of nitrogens with one attached hydrogen (secondary N) is 2. The van der Waals surface area contributed by atoms with E-state index in [1.807, 2.05) is 19.1 Å². The van der Waals surface area contributed by atoms with Crippen molar-refractivity contribution in [1.82, 2.24) is 15.2 Å². The normalized spacial score (nSPS) is 19.5. The van der Waals surface area contributed by atoms with E-state index in [0.717, 1.165) is 11.3 Å². The lowest BCUT2D eigenvalue weighted by Gasteiger charge is -2.12. The Bertz CT molecular complexity index is 828. The monoisotopic (exact) mass is 353 g/mol. The molecule has 1 saturated heterocycles. The molecule has 0 radical (unpaired) electrons. The van der Waals surface area contributed by atoms with Crippen molar-refractivity contribution in [2.45, 2.75) is 19.4 Å². The van der Waals surface area contributed by atoms with Gasteiger partial charge in [-0.15, -0.1) is 5.10 Å². The van der Waals surface area contributed by atoms with Gasteiger partial charge in [0.1, 0.15) is 0 Å². The first-order valence-electron chi connectivity index (χ1n) is 7.11. The molecule has 1 aliphatic heterocycles. The standard InChI is InChI=1S/C14H16ClN5O2S/c1-9-2-3-10(15)6-12(9)18-13-7-16-20-14(19-13)17-11-4-5-23(21,22)8-11/h2-3,6-7,11H,4-5,8H2,1H3,(H2,17,18,19,20). The molecule has 1 fully saturated rings. The number of aromatic nitrogens is 3. The van der Waals surface area contributed by atoms with Gasteiger partial charge in [-0.3, -0.25) is 0 Å². The quantitative estimate of drug-likeness (QED) is 0.869. The third-order valence-electron chi connectivity index (χ3n) is 3.59. The summed E-state index contributed by atoms with van der Waals surface area (Å²) in [4.78, 5) is 4.32. The predicted octanol–water partition coefficient (Wildman–Crippen LogP) is 2.18. The molecule has 1 aliphatic rings. The third-order valence-corrected chi connectivity index (χ3v) is 5.59. The fourth-order valence-electron chi connectivity index (χ4n) is 2.38. The zero-order valence-electron chi connectivity index (χ0n) is 12.5. The topological polar surface area (TPSA) is 96.9 Å². The van der Waals surface area contributed by atoms with E-state index >= 15 is 0 Å². The van der Waals surface area contributed by atoms with Gasteiger partial charge < -0.3 is 10.6 Å². The van der Waals surface area contributed by atoms with Gasteiger partial charge in [-0.1, -0.05) is 17.7 Å². The SMILES string of the molecule is Cc1ccc(Cl)cc1Nc1cnnc(NC2CCS(=O)(=O)C2)n1. The average Bonchev–Trinajstić information content (AvgIpc) is 2.82. The fourth-order valence-corrected chi connectivity index (χ4v) is 4.23. The predicted molar refractivity (Wildman–Crippen MR) is 90.0 cm³/mol. The molecule has 9 heteroatoms. The van der Waals surface area contributed by atoms with Crippen molar-refractivity contribution >= 4 is 38.9 Å². The molecule has 23 heavy (non-hydrogen) atoms. The Morgan fingerprint density at radius 2 is 2.17 bits per heavy atom. The van der Waals surface area contributed by atoms with Crippen molar-refractivity contribution in [3.63, 3.8) is 0 Å². The van der Waals surface area contributed by atoms with Crippen molar-refractivity contribution in [2.75, 3.05) is 22.1 Å². The zero-order valence-corrected chi connectivity index (χ0v) is 14.0. The molecule has 0 amide bonds. The number of nitrogens with zero attached hydrogens (tertiary/aromatic N) is 3. The molecule has 2 N–H and O–H groups in total. The van der Waals surface area contributed by atoms with Gasteiger partial charge in [0, 0.05) is 16.8 Å². The molecule has 122 valence electrons. The summed E-state index contributed by atoms with van der Waals surface area (Å²) in [6.45, 7) is 1.95. The summed E-state index contributed by atoms with van der Waals surface area (Å²) in [5.74, 6) is 1.10. The molecule has 7 nitrogen and oxygen atoms in total. The smallest absolute Gasteiger partial charge is 0.244 e. The lowest BCUT2D eigenvalue weighted by atomic mass is 10.2. The van der Waals surface area contributed by atoms with E-state index in [9.17, 15) is 8.42 Å². The van der Waals surface area contributed by atoms with Crippen LogP contribution in [0.25, 0.3) is 0 Å². The van der Waals surface area contributed by atoms with Gasteiger partial charge >= 0.3 is 0 Å². The highest BCUT2D eigenvalue weighted by Crippen LogP contribution is 2.23. The van der Waals surface area contributed by atoms with Crippen molar-refractivity contribution < 1.29 is 8.42 Å². The number of benzene rings is 1. The van der Waals surface area contributed by atoms with E-state index < -0.39 is 9.84 Å². The van der Waals surface area contributed by atoms with Crippen LogP contribution >= 0.6 is 11.6 Å². The lowest BCUT2D eigenvalue weighted by Crippen LogP contribution is -2.22. The maximum Gasteiger partial charge on any atom is 0.244 e. The van der Waals surface area contributed by atoms with Crippen molar-refractivity contribution in [3.8, 4) is 0 Å². The van der Waals surface area contributed by atoms with E-state index in [4.69, 9.17) is 11.6 Å². The van der Waals surface area contributed by atoms with Crippen molar-refractivity contribution in [1.29, 1.82) is 0 Å². The third kappa shape index (κ3) is 4.08. The summed E-state index contributed by atoms with van der Waals surface area (Å²) in [5, 5.41) is 14.6. The summed E-state index contributed by atoms with van der Waals surface area (Å²) in [5.41, 5.74) is 1.84. The molecular formula is C14H16ClN5O2S. The highest BCUT2D eigenvalue weighted by atomic mass is 35.5. The summed E-state index contributed by atoms with van der Waals surface area (Å²) >= 11 is 6.00. The van der Waals surface area contributed by atoms with Crippen LogP contribution in [-0.2, 0) is 9.84 Å². The van der Waals surface area contributed by atoms with Crippen LogP contribution in [0.3, 0.4) is 0 Å². The summed E-state index contributed by atoms with van der Waals surface area (Å²) < 4.78 is 23.0. The Kier molecular flexibility index (Phi) is 4.36. The first-order valence-corrected chi connectivity index (χ1v) is 9.31. The highest BCUT2D eigenvalue weighted by molar-refractivity contribution is 7.91. The minimum atomic E-state index is -2.95. The van der Waals surface area contributed by atoms with Gasteiger partial charge in [-0.2, -0.15) is 10.1 Å². The van der Waals surface area contributed by atoms with Crippen LogP contribution in [0, 0.1) is 6.92 Å². The van der Waals surface area contributed by atoms with Crippen LogP contribution in [0.5, 0.6) is 0 Å². The van der Waals surface area contributed by atoms with Crippen LogP contribution in [0.15, 0.2) is 24.4 Å². The first-order chi connectivity index (χ1) is 10.9. The molecule has 3 rings (SSSR count). The lowest BCUT2D eigenvalue weighted by molar-refractivity contribution is 0.602. The number of sulfone groups is 1. The molecule has 1 atom stereocenters. The molecule has 0 bridgehead atoms. The molecule has 1 unspecified atom stereocenters. The Morgan fingerprint density at radius 1 is 1.35 bits per heavy atom. The second-order valence-electron chi connectivity index (χ2n) is 5.49. The van der Waals surface area contributed by atoms with Gasteiger partial charge in [0.05, 0.1) is 17.7 Å². The van der Waals surface area contributed by atoms with Crippen LogP contribution in [0.2, 0.25) is 5.02 Å². The molecule has 0 aliphatic carbocycles. The van der Waals surface area contributed by atoms with Crippen molar-refractivity contribution in [2.24, 2.45) is 0 Å². The van der Waals surface area contributed by atoms with Gasteiger partial charge in [0.15, 0.2) is 15.7 Å². The molecular weight excluding hydrogens is 338 g/mol. The molecule has 0 spiro atoms. The highest BCUT2D eigenvalue weighted by Gasteiger charge is 2.28. The molecule has 1 aromatic carbocycles. The largest absolute Gasteiger partial charge is 0.349 e. The fraction of sp³-hybridized carbons (Fsp3) is 0.357. The van der Waals surface area contributed by atoms with Crippen molar-refractivity contribution in [3.05, 3.63) is 35.0 Å². The Morgan fingerprint density at radius 3 is 2.91 bits per heavy atom. The van der Waals surface area contributed by atoms with Gasteiger partial charge in [-0.25, -0.2) is 8.42 Å². The number of aryl methyl sites for hydroxylation is 1. The maximum atomic E-state index is 11.5. The van der Waals surface area contributed by atoms with E-state index in [1.165, 1.54) is 6.20 Å². The minimum Gasteiger partial charge on any atom is -0.349 e. The summed E-state index contributed by atoms with van der Waals surface area (Å²) in [7, 11) is -2.95. The first kappa shape index (κ1) is 15.9. The van der Waals surface area contributed by atoms with E-state index in [-0.39, 0.29) is 17.5 Å². The number of rotatable bonds is 4. The minimum absolute atomic E-state index is 0.0986. The second kappa shape index (κ2) is 6.29. The summed E-state index contributed by atoms with van der Waals surface area (Å²) in [6, 6.07) is 5.34. The molecule has 2 heterocycles. The van der Waals surface area contributed by atoms with Gasteiger partial charge in [0.25, 0.3) is 0 Å². The van der Waals surface area contributed by atoms with Crippen LogP contribution in [0.1, 0.15) is 12.0 Å². The van der Waals surface area contributed by atoms with E-state index in [0.29, 0.717) is 23.2 Å². The zero-order chi connectivity index (χ0) is 16.4. The number of anilines is 3. The van der Waals surface area contributed by atoms with Gasteiger partial charge in [0.2, 0.25) is 5.95 Å². The molecule has 2 aromatic rings. The Labute approximate surface area is 139 Å². The number of hydrogen-bond donors (Lipinski definition) is 2. The van der Waals surface area contributed by atoms with Gasteiger partial charge in [-0.05, 0) is 31.0 Å². The Hall–Kier alpha value is -1.93. The number of halogens is 1. The Balaban J connectivity index is 1.74. The van der Waals surface area contributed by atoms with Crippen LogP contribution in [-0.4, -0.2) is 41.1 Å². The maximum absolute atomic E-state index is 11.5. The van der Waals surface area contributed by atoms with E-state index in [2.05, 4.69) is 25.8 Å².